The van der Waals surface area contributed by atoms with Crippen LogP contribution in [0, 0.1) is 11.3 Å². The molecule has 0 unspecified atom stereocenters. The third kappa shape index (κ3) is 4.27. The number of carbonyl (C=O) groups excluding carboxylic acids is 1. The van der Waals surface area contributed by atoms with E-state index in [1.807, 2.05) is 0 Å². The maximum Gasteiger partial charge on any atom is 0.220 e. The van der Waals surface area contributed by atoms with Crippen molar-refractivity contribution >= 4 is 5.91 Å². The van der Waals surface area contributed by atoms with E-state index in [9.17, 15) is 4.79 Å². The minimum atomic E-state index is 0.269. The van der Waals surface area contributed by atoms with Crippen LogP contribution in [-0.2, 0) is 4.79 Å². The molecule has 0 aliphatic heterocycles. The number of nitrogens with one attached hydrogen (secondary N) is 1. The van der Waals surface area contributed by atoms with Crippen molar-refractivity contribution in [2.75, 3.05) is 13.1 Å². The summed E-state index contributed by atoms with van der Waals surface area (Å²) in [4.78, 5) is 12.0. The molecular weight excluding hydrogens is 224 g/mol. The Balaban J connectivity index is 1.65. The summed E-state index contributed by atoms with van der Waals surface area (Å²) in [6, 6.07) is 0. The van der Waals surface area contributed by atoms with E-state index in [-0.39, 0.29) is 5.91 Å². The van der Waals surface area contributed by atoms with Gasteiger partial charge in [0.05, 0.1) is 0 Å². The van der Waals surface area contributed by atoms with Crippen molar-refractivity contribution in [1.29, 1.82) is 0 Å². The summed E-state index contributed by atoms with van der Waals surface area (Å²) in [7, 11) is 0. The number of rotatable bonds is 6. The van der Waals surface area contributed by atoms with Gasteiger partial charge in [0, 0.05) is 13.0 Å². The molecular formula is C15H28N2O. The maximum absolute atomic E-state index is 12.0. The lowest BCUT2D eigenvalue weighted by Crippen LogP contribution is -2.32. The SMILES string of the molecule is NCCC1(CNC(=O)CC2CCCCCC2)CC1. The molecule has 0 radical (unpaired) electrons. The Morgan fingerprint density at radius 3 is 2.39 bits per heavy atom. The zero-order valence-electron chi connectivity index (χ0n) is 11.5. The van der Waals surface area contributed by atoms with E-state index in [4.69, 9.17) is 5.73 Å². The van der Waals surface area contributed by atoms with Crippen LogP contribution in [0.5, 0.6) is 0 Å². The Morgan fingerprint density at radius 2 is 1.83 bits per heavy atom. The molecule has 3 N–H and O–H groups in total. The molecule has 2 fully saturated rings. The molecule has 2 aliphatic carbocycles. The number of hydrogen-bond acceptors (Lipinski definition) is 2. The summed E-state index contributed by atoms with van der Waals surface area (Å²) in [6.45, 7) is 1.61. The molecule has 2 saturated carbocycles. The molecule has 1 amide bonds. The minimum Gasteiger partial charge on any atom is -0.356 e. The van der Waals surface area contributed by atoms with E-state index in [0.29, 0.717) is 11.3 Å². The Bertz CT molecular complexity index is 266. The van der Waals surface area contributed by atoms with Crippen LogP contribution in [0.1, 0.15) is 64.2 Å². The zero-order chi connectivity index (χ0) is 12.8. The fourth-order valence-corrected chi connectivity index (χ4v) is 3.19. The molecule has 3 nitrogen and oxygen atoms in total. The molecule has 0 saturated heterocycles. The molecule has 2 aliphatic rings. The van der Waals surface area contributed by atoms with Crippen LogP contribution in [-0.4, -0.2) is 19.0 Å². The monoisotopic (exact) mass is 252 g/mol. The normalized spacial score (nSPS) is 23.4. The highest BCUT2D eigenvalue weighted by Gasteiger charge is 2.41. The van der Waals surface area contributed by atoms with Gasteiger partial charge in [-0.15, -0.1) is 0 Å². The van der Waals surface area contributed by atoms with Crippen molar-refractivity contribution in [3.63, 3.8) is 0 Å². The van der Waals surface area contributed by atoms with Crippen molar-refractivity contribution in [2.45, 2.75) is 64.2 Å². The lowest BCUT2D eigenvalue weighted by atomic mass is 9.96. The van der Waals surface area contributed by atoms with Crippen LogP contribution in [0.2, 0.25) is 0 Å². The van der Waals surface area contributed by atoms with Gasteiger partial charge in [0.2, 0.25) is 5.91 Å². The highest BCUT2D eigenvalue weighted by Crippen LogP contribution is 2.47. The molecule has 18 heavy (non-hydrogen) atoms. The highest BCUT2D eigenvalue weighted by atomic mass is 16.1. The lowest BCUT2D eigenvalue weighted by Gasteiger charge is -2.17. The van der Waals surface area contributed by atoms with Gasteiger partial charge in [0.25, 0.3) is 0 Å². The number of nitrogens with two attached hydrogens (primary N) is 1. The summed E-state index contributed by atoms with van der Waals surface area (Å²) in [5, 5.41) is 3.14. The first kappa shape index (κ1) is 13.9. The van der Waals surface area contributed by atoms with Crippen LogP contribution in [0.15, 0.2) is 0 Å². The van der Waals surface area contributed by atoms with Crippen LogP contribution in [0.25, 0.3) is 0 Å². The topological polar surface area (TPSA) is 55.1 Å². The number of carbonyl (C=O) groups is 1. The van der Waals surface area contributed by atoms with E-state index < -0.39 is 0 Å². The van der Waals surface area contributed by atoms with Crippen molar-refractivity contribution in [3.05, 3.63) is 0 Å². The molecule has 104 valence electrons. The lowest BCUT2D eigenvalue weighted by molar-refractivity contribution is -0.122. The third-order valence-corrected chi connectivity index (χ3v) is 4.74. The largest absolute Gasteiger partial charge is 0.356 e. The predicted octanol–water partition coefficient (Wildman–Crippen LogP) is 2.59. The van der Waals surface area contributed by atoms with Crippen LogP contribution in [0.3, 0.4) is 0 Å². The van der Waals surface area contributed by atoms with Gasteiger partial charge in [-0.3, -0.25) is 4.79 Å². The standard InChI is InChI=1S/C15H28N2O/c16-10-9-15(7-8-15)12-17-14(18)11-13-5-3-1-2-4-6-13/h13H,1-12,16H2,(H,17,18). The molecule has 0 aromatic rings. The van der Waals surface area contributed by atoms with Crippen LogP contribution < -0.4 is 11.1 Å². The average Bonchev–Trinajstić information content (AvgIpc) is 3.13. The fraction of sp³-hybridized carbons (Fsp3) is 0.933. The van der Waals surface area contributed by atoms with Gasteiger partial charge >= 0.3 is 0 Å². The van der Waals surface area contributed by atoms with E-state index in [0.717, 1.165) is 25.9 Å². The molecule has 0 heterocycles. The second kappa shape index (κ2) is 6.55. The molecule has 0 atom stereocenters. The molecule has 0 aromatic carbocycles. The fourth-order valence-electron chi connectivity index (χ4n) is 3.19. The second-order valence-corrected chi connectivity index (χ2v) is 6.38. The smallest absolute Gasteiger partial charge is 0.220 e. The summed E-state index contributed by atoms with van der Waals surface area (Å²) >= 11 is 0. The van der Waals surface area contributed by atoms with Gasteiger partial charge in [-0.25, -0.2) is 0 Å². The van der Waals surface area contributed by atoms with E-state index in [2.05, 4.69) is 5.32 Å². The highest BCUT2D eigenvalue weighted by molar-refractivity contribution is 5.76. The van der Waals surface area contributed by atoms with E-state index >= 15 is 0 Å². The summed E-state index contributed by atoms with van der Waals surface area (Å²) in [5.41, 5.74) is 5.98. The van der Waals surface area contributed by atoms with Gasteiger partial charge in [0.1, 0.15) is 0 Å². The number of hydrogen-bond donors (Lipinski definition) is 2. The van der Waals surface area contributed by atoms with E-state index in [1.54, 1.807) is 0 Å². The summed E-state index contributed by atoms with van der Waals surface area (Å²) in [5.74, 6) is 0.905. The van der Waals surface area contributed by atoms with Crippen molar-refractivity contribution < 1.29 is 4.79 Å². The number of amides is 1. The summed E-state index contributed by atoms with van der Waals surface area (Å²) < 4.78 is 0. The van der Waals surface area contributed by atoms with E-state index in [1.165, 1.54) is 51.4 Å². The summed E-state index contributed by atoms with van der Waals surface area (Å²) in [6.07, 6.45) is 12.2. The van der Waals surface area contributed by atoms with Crippen molar-refractivity contribution in [3.8, 4) is 0 Å². The first-order chi connectivity index (χ1) is 8.74. The maximum atomic E-state index is 12.0. The molecule has 3 heteroatoms. The Kier molecular flexibility index (Phi) is 5.04. The molecule has 0 bridgehead atoms. The zero-order valence-corrected chi connectivity index (χ0v) is 11.5. The van der Waals surface area contributed by atoms with Crippen LogP contribution in [0.4, 0.5) is 0 Å². The molecule has 0 spiro atoms. The van der Waals surface area contributed by atoms with Crippen molar-refractivity contribution in [1.82, 2.24) is 5.32 Å². The van der Waals surface area contributed by atoms with Gasteiger partial charge in [-0.05, 0) is 50.0 Å². The van der Waals surface area contributed by atoms with Crippen LogP contribution >= 0.6 is 0 Å². The molecule has 0 aromatic heterocycles. The minimum absolute atomic E-state index is 0.269. The van der Waals surface area contributed by atoms with Gasteiger partial charge in [-0.1, -0.05) is 25.7 Å². The Hall–Kier alpha value is -0.570. The average molecular weight is 252 g/mol. The van der Waals surface area contributed by atoms with Gasteiger partial charge in [0.15, 0.2) is 0 Å². The Labute approximate surface area is 111 Å². The predicted molar refractivity (Wildman–Crippen MR) is 74.2 cm³/mol. The second-order valence-electron chi connectivity index (χ2n) is 6.38. The van der Waals surface area contributed by atoms with Gasteiger partial charge in [-0.2, -0.15) is 0 Å². The van der Waals surface area contributed by atoms with Gasteiger partial charge < -0.3 is 11.1 Å². The van der Waals surface area contributed by atoms with Crippen molar-refractivity contribution in [2.24, 2.45) is 17.1 Å². The first-order valence-electron chi connectivity index (χ1n) is 7.71. The third-order valence-electron chi connectivity index (χ3n) is 4.74. The Morgan fingerprint density at radius 1 is 1.17 bits per heavy atom. The first-order valence-corrected chi connectivity index (χ1v) is 7.71. The molecule has 2 rings (SSSR count). The quantitative estimate of drug-likeness (QED) is 0.714.